The smallest absolute Gasteiger partial charge is 0.336 e. The van der Waals surface area contributed by atoms with Gasteiger partial charge in [0.2, 0.25) is 0 Å². The number of halogens is 3. The van der Waals surface area contributed by atoms with Crippen LogP contribution in [0.2, 0.25) is 10.0 Å². The topological polar surface area (TPSA) is 50.2 Å². The summed E-state index contributed by atoms with van der Waals surface area (Å²) in [7, 11) is 0. The zero-order valence-electron chi connectivity index (χ0n) is 9.23. The molecule has 0 unspecified atom stereocenters. The highest BCUT2D eigenvalue weighted by molar-refractivity contribution is 9.10. The van der Waals surface area contributed by atoms with E-state index in [4.69, 9.17) is 28.3 Å². The maximum absolute atomic E-state index is 11.2. The second-order valence-electron chi connectivity index (χ2n) is 3.49. The van der Waals surface area contributed by atoms with E-state index in [9.17, 15) is 4.79 Å². The van der Waals surface area contributed by atoms with Crippen molar-refractivity contribution in [1.29, 1.82) is 0 Å². The molecule has 1 heterocycles. The predicted molar refractivity (Wildman–Crippen MR) is 79.5 cm³/mol. The summed E-state index contributed by atoms with van der Waals surface area (Å²) >= 11 is 16.3. The number of aromatic carboxylic acids is 1. The van der Waals surface area contributed by atoms with Crippen LogP contribution in [0.15, 0.2) is 44.9 Å². The maximum atomic E-state index is 11.2. The van der Waals surface area contributed by atoms with Gasteiger partial charge in [-0.15, -0.1) is 0 Å². The van der Waals surface area contributed by atoms with Crippen LogP contribution in [0.25, 0.3) is 0 Å². The lowest BCUT2D eigenvalue weighted by molar-refractivity contribution is 0.0693. The average Bonchev–Trinajstić information content (AvgIpc) is 2.32. The van der Waals surface area contributed by atoms with Crippen molar-refractivity contribution in [3.8, 4) is 0 Å². The van der Waals surface area contributed by atoms with Gasteiger partial charge in [0.15, 0.2) is 0 Å². The molecular weight excluding hydrogens is 373 g/mol. The van der Waals surface area contributed by atoms with Gasteiger partial charge in [-0.25, -0.2) is 9.78 Å². The number of rotatable bonds is 3. The number of carbonyl (C=O) groups is 1. The van der Waals surface area contributed by atoms with E-state index in [0.717, 1.165) is 4.47 Å². The van der Waals surface area contributed by atoms with Crippen LogP contribution in [0, 0.1) is 0 Å². The lowest BCUT2D eigenvalue weighted by Gasteiger charge is -2.07. The summed E-state index contributed by atoms with van der Waals surface area (Å²) in [6, 6.07) is 6.47. The first-order valence-corrected chi connectivity index (χ1v) is 7.35. The van der Waals surface area contributed by atoms with Crippen LogP contribution in [-0.4, -0.2) is 16.1 Å². The Hall–Kier alpha value is -0.750. The van der Waals surface area contributed by atoms with E-state index >= 15 is 0 Å². The Morgan fingerprint density at radius 2 is 2.05 bits per heavy atom. The normalized spacial score (nSPS) is 10.5. The van der Waals surface area contributed by atoms with Gasteiger partial charge in [0.1, 0.15) is 5.03 Å². The summed E-state index contributed by atoms with van der Waals surface area (Å²) in [4.78, 5) is 15.8. The molecule has 1 aromatic carbocycles. The van der Waals surface area contributed by atoms with Crippen molar-refractivity contribution in [2.24, 2.45) is 0 Å². The highest BCUT2D eigenvalue weighted by atomic mass is 79.9. The molecule has 0 amide bonds. The fraction of sp³-hybridized carbons (Fsp3) is 0. The number of benzene rings is 1. The first-order valence-electron chi connectivity index (χ1n) is 4.99. The summed E-state index contributed by atoms with van der Waals surface area (Å²) in [5.41, 5.74) is 0.195. The number of carboxylic acid groups (broad SMARTS) is 1. The number of hydrogen-bond acceptors (Lipinski definition) is 3. The fourth-order valence-corrected chi connectivity index (χ4v) is 3.27. The Bertz CT molecular complexity index is 652. The first-order chi connectivity index (χ1) is 8.97. The van der Waals surface area contributed by atoms with Crippen LogP contribution in [0.3, 0.4) is 0 Å². The quantitative estimate of drug-likeness (QED) is 0.816. The first kappa shape index (κ1) is 14.7. The van der Waals surface area contributed by atoms with Crippen molar-refractivity contribution in [3.05, 3.63) is 50.5 Å². The van der Waals surface area contributed by atoms with Crippen LogP contribution < -0.4 is 0 Å². The van der Waals surface area contributed by atoms with E-state index in [-0.39, 0.29) is 5.56 Å². The molecule has 0 aliphatic carbocycles. The zero-order valence-corrected chi connectivity index (χ0v) is 13.1. The van der Waals surface area contributed by atoms with Crippen LogP contribution in [0.5, 0.6) is 0 Å². The van der Waals surface area contributed by atoms with E-state index in [0.29, 0.717) is 20.0 Å². The monoisotopic (exact) mass is 377 g/mol. The molecule has 0 bridgehead atoms. The summed E-state index contributed by atoms with van der Waals surface area (Å²) in [5.74, 6) is -1.000. The molecule has 3 nitrogen and oxygen atoms in total. The lowest BCUT2D eigenvalue weighted by atomic mass is 10.2. The molecule has 0 spiro atoms. The SMILES string of the molecule is O=C(O)c1ccc(Br)cc1Sc1ncc(Cl)cc1Cl. The van der Waals surface area contributed by atoms with Gasteiger partial charge in [-0.2, -0.15) is 0 Å². The fourth-order valence-electron chi connectivity index (χ4n) is 1.34. The third-order valence-electron chi connectivity index (χ3n) is 2.15. The Labute approximate surface area is 132 Å². The van der Waals surface area contributed by atoms with Crippen LogP contribution >= 0.6 is 50.9 Å². The summed E-state index contributed by atoms with van der Waals surface area (Å²) < 4.78 is 0.782. The largest absolute Gasteiger partial charge is 0.478 e. The Morgan fingerprint density at radius 1 is 1.32 bits per heavy atom. The average molecular weight is 379 g/mol. The second-order valence-corrected chi connectivity index (χ2v) is 6.28. The third kappa shape index (κ3) is 3.63. The van der Waals surface area contributed by atoms with E-state index in [1.165, 1.54) is 24.0 Å². The number of hydrogen-bond donors (Lipinski definition) is 1. The van der Waals surface area contributed by atoms with E-state index in [1.807, 2.05) is 0 Å². The molecule has 2 rings (SSSR count). The molecule has 0 saturated carbocycles. The van der Waals surface area contributed by atoms with Gasteiger partial charge in [-0.1, -0.05) is 50.9 Å². The molecule has 98 valence electrons. The third-order valence-corrected chi connectivity index (χ3v) is 4.33. The highest BCUT2D eigenvalue weighted by Crippen LogP contribution is 2.36. The standard InChI is InChI=1S/C12H6BrCl2NO2S/c13-6-1-2-8(12(17)18)10(3-6)19-11-9(15)4-7(14)5-16-11/h1-5H,(H,17,18). The molecule has 0 radical (unpaired) electrons. The summed E-state index contributed by atoms with van der Waals surface area (Å²) in [5, 5.41) is 10.5. The highest BCUT2D eigenvalue weighted by Gasteiger charge is 2.14. The van der Waals surface area contributed by atoms with Crippen molar-refractivity contribution >= 4 is 56.9 Å². The van der Waals surface area contributed by atoms with Gasteiger partial charge in [-0.3, -0.25) is 0 Å². The van der Waals surface area contributed by atoms with Gasteiger partial charge < -0.3 is 5.11 Å². The lowest BCUT2D eigenvalue weighted by Crippen LogP contribution is -1.98. The number of aromatic nitrogens is 1. The molecule has 0 atom stereocenters. The summed E-state index contributed by atoms with van der Waals surface area (Å²) in [6.45, 7) is 0. The molecule has 7 heteroatoms. The molecule has 0 fully saturated rings. The maximum Gasteiger partial charge on any atom is 0.336 e. The molecule has 0 aliphatic rings. The molecule has 1 N–H and O–H groups in total. The van der Waals surface area contributed by atoms with Crippen LogP contribution in [0.1, 0.15) is 10.4 Å². The van der Waals surface area contributed by atoms with Crippen molar-refractivity contribution in [2.45, 2.75) is 9.92 Å². The molecule has 2 aromatic rings. The van der Waals surface area contributed by atoms with Crippen molar-refractivity contribution < 1.29 is 9.90 Å². The zero-order chi connectivity index (χ0) is 14.0. The van der Waals surface area contributed by atoms with E-state index in [2.05, 4.69) is 20.9 Å². The second kappa shape index (κ2) is 6.13. The van der Waals surface area contributed by atoms with Gasteiger partial charge >= 0.3 is 5.97 Å². The van der Waals surface area contributed by atoms with Gasteiger partial charge in [-0.05, 0) is 24.3 Å². The number of nitrogens with zero attached hydrogens (tertiary/aromatic N) is 1. The van der Waals surface area contributed by atoms with E-state index in [1.54, 1.807) is 18.2 Å². The minimum Gasteiger partial charge on any atom is -0.478 e. The van der Waals surface area contributed by atoms with Gasteiger partial charge in [0.05, 0.1) is 15.6 Å². The Balaban J connectivity index is 2.42. The van der Waals surface area contributed by atoms with Gasteiger partial charge in [0.25, 0.3) is 0 Å². The molecule has 0 aliphatic heterocycles. The van der Waals surface area contributed by atoms with Crippen molar-refractivity contribution in [3.63, 3.8) is 0 Å². The Kier molecular flexibility index (Phi) is 4.73. The van der Waals surface area contributed by atoms with Crippen LogP contribution in [0.4, 0.5) is 0 Å². The van der Waals surface area contributed by atoms with Gasteiger partial charge in [0, 0.05) is 15.6 Å². The number of carboxylic acids is 1. The number of pyridine rings is 1. The van der Waals surface area contributed by atoms with Crippen LogP contribution in [-0.2, 0) is 0 Å². The van der Waals surface area contributed by atoms with E-state index < -0.39 is 5.97 Å². The minimum atomic E-state index is -1.000. The molecule has 19 heavy (non-hydrogen) atoms. The van der Waals surface area contributed by atoms with Crippen molar-refractivity contribution in [1.82, 2.24) is 4.98 Å². The summed E-state index contributed by atoms with van der Waals surface area (Å²) in [6.07, 6.45) is 1.47. The van der Waals surface area contributed by atoms with Crippen molar-refractivity contribution in [2.75, 3.05) is 0 Å². The minimum absolute atomic E-state index is 0.195. The molecule has 1 aromatic heterocycles. The predicted octanol–water partition coefficient (Wildman–Crippen LogP) is 5.00. The Morgan fingerprint density at radius 3 is 2.68 bits per heavy atom. The molecular formula is C12H6BrCl2NO2S. The molecule has 0 saturated heterocycles.